The number of aromatic nitrogens is 2. The van der Waals surface area contributed by atoms with Crippen molar-refractivity contribution in [2.24, 2.45) is 0 Å². The smallest absolute Gasteiger partial charge is 0.258 e. The highest BCUT2D eigenvalue weighted by molar-refractivity contribution is 6.34. The Hall–Kier alpha value is -2.93. The standard InChI is InChI=1S/C17H15ClN4O3/c1-8-6-12(14-9(2)22-25-17(14)20-8)16(24)21-10-4-5-13(18)11(7-10)15(23)19-3/h4-7H,1-3H3,(H,19,23)(H,21,24). The summed E-state index contributed by atoms with van der Waals surface area (Å²) in [6.07, 6.45) is 0. The minimum Gasteiger partial charge on any atom is -0.355 e. The molecule has 0 spiro atoms. The molecule has 2 amide bonds. The van der Waals surface area contributed by atoms with Crippen LogP contribution in [0.4, 0.5) is 5.69 Å². The van der Waals surface area contributed by atoms with Crippen molar-refractivity contribution in [1.82, 2.24) is 15.5 Å². The van der Waals surface area contributed by atoms with Crippen LogP contribution in [0.3, 0.4) is 0 Å². The van der Waals surface area contributed by atoms with E-state index in [4.69, 9.17) is 16.1 Å². The van der Waals surface area contributed by atoms with Crippen LogP contribution in [0.15, 0.2) is 28.8 Å². The molecule has 8 heteroatoms. The zero-order chi connectivity index (χ0) is 18.1. The van der Waals surface area contributed by atoms with E-state index in [0.29, 0.717) is 38.8 Å². The zero-order valence-electron chi connectivity index (χ0n) is 13.8. The number of rotatable bonds is 3. The van der Waals surface area contributed by atoms with E-state index in [2.05, 4.69) is 20.8 Å². The molecule has 2 aromatic heterocycles. The summed E-state index contributed by atoms with van der Waals surface area (Å²) >= 11 is 6.03. The molecule has 128 valence electrons. The molecule has 25 heavy (non-hydrogen) atoms. The highest BCUT2D eigenvalue weighted by Gasteiger charge is 2.18. The number of aryl methyl sites for hydroxylation is 2. The number of halogens is 1. The molecule has 3 rings (SSSR count). The Morgan fingerprint density at radius 1 is 1.12 bits per heavy atom. The number of benzene rings is 1. The van der Waals surface area contributed by atoms with Gasteiger partial charge in [0.05, 0.1) is 27.2 Å². The molecule has 0 saturated carbocycles. The monoisotopic (exact) mass is 358 g/mol. The van der Waals surface area contributed by atoms with Gasteiger partial charge in [-0.15, -0.1) is 0 Å². The van der Waals surface area contributed by atoms with Gasteiger partial charge in [-0.2, -0.15) is 0 Å². The van der Waals surface area contributed by atoms with Crippen LogP contribution in [-0.4, -0.2) is 29.0 Å². The van der Waals surface area contributed by atoms with Crippen LogP contribution in [0.2, 0.25) is 5.02 Å². The van der Waals surface area contributed by atoms with Gasteiger partial charge in [-0.05, 0) is 38.1 Å². The van der Waals surface area contributed by atoms with Crippen molar-refractivity contribution in [3.63, 3.8) is 0 Å². The molecule has 0 unspecified atom stereocenters. The van der Waals surface area contributed by atoms with E-state index in [9.17, 15) is 9.59 Å². The Balaban J connectivity index is 1.98. The van der Waals surface area contributed by atoms with Crippen LogP contribution in [0, 0.1) is 13.8 Å². The Labute approximate surface area is 148 Å². The number of anilines is 1. The van der Waals surface area contributed by atoms with Gasteiger partial charge in [0.25, 0.3) is 17.5 Å². The summed E-state index contributed by atoms with van der Waals surface area (Å²) in [7, 11) is 1.51. The third kappa shape index (κ3) is 3.18. The number of fused-ring (bicyclic) bond motifs is 1. The van der Waals surface area contributed by atoms with Crippen LogP contribution >= 0.6 is 11.6 Å². The zero-order valence-corrected chi connectivity index (χ0v) is 14.6. The first-order chi connectivity index (χ1) is 11.9. The first-order valence-corrected chi connectivity index (χ1v) is 7.85. The van der Waals surface area contributed by atoms with Crippen molar-refractivity contribution in [3.05, 3.63) is 51.8 Å². The fraction of sp³-hybridized carbons (Fsp3) is 0.176. The molecule has 0 atom stereocenters. The maximum absolute atomic E-state index is 12.7. The third-order valence-electron chi connectivity index (χ3n) is 3.69. The Morgan fingerprint density at radius 3 is 2.60 bits per heavy atom. The number of nitrogens with zero attached hydrogens (tertiary/aromatic N) is 2. The molecule has 0 aliphatic carbocycles. The predicted octanol–water partition coefficient (Wildman–Crippen LogP) is 3.10. The summed E-state index contributed by atoms with van der Waals surface area (Å²) in [4.78, 5) is 28.8. The maximum atomic E-state index is 12.7. The average Bonchev–Trinajstić information content (AvgIpc) is 2.95. The van der Waals surface area contributed by atoms with Crippen molar-refractivity contribution in [3.8, 4) is 0 Å². The molecular weight excluding hydrogens is 344 g/mol. The van der Waals surface area contributed by atoms with Crippen molar-refractivity contribution in [1.29, 1.82) is 0 Å². The van der Waals surface area contributed by atoms with Crippen LogP contribution in [0.5, 0.6) is 0 Å². The van der Waals surface area contributed by atoms with Gasteiger partial charge in [-0.1, -0.05) is 16.8 Å². The SMILES string of the molecule is CNC(=O)c1cc(NC(=O)c2cc(C)nc3onc(C)c23)ccc1Cl. The highest BCUT2D eigenvalue weighted by Crippen LogP contribution is 2.24. The lowest BCUT2D eigenvalue weighted by Crippen LogP contribution is -2.19. The topological polar surface area (TPSA) is 97.1 Å². The van der Waals surface area contributed by atoms with Crippen LogP contribution in [0.25, 0.3) is 11.1 Å². The van der Waals surface area contributed by atoms with Gasteiger partial charge in [0.2, 0.25) is 0 Å². The molecule has 3 aromatic rings. The van der Waals surface area contributed by atoms with Crippen molar-refractivity contribution < 1.29 is 14.1 Å². The number of nitrogens with one attached hydrogen (secondary N) is 2. The molecule has 0 radical (unpaired) electrons. The molecule has 0 saturated heterocycles. The summed E-state index contributed by atoms with van der Waals surface area (Å²) in [6, 6.07) is 6.36. The van der Waals surface area contributed by atoms with E-state index in [1.807, 2.05) is 0 Å². The highest BCUT2D eigenvalue weighted by atomic mass is 35.5. The molecule has 0 aliphatic rings. The predicted molar refractivity (Wildman–Crippen MR) is 94.1 cm³/mol. The third-order valence-corrected chi connectivity index (χ3v) is 4.02. The number of hydrogen-bond acceptors (Lipinski definition) is 5. The van der Waals surface area contributed by atoms with Crippen molar-refractivity contribution in [2.75, 3.05) is 12.4 Å². The van der Waals surface area contributed by atoms with Gasteiger partial charge >= 0.3 is 0 Å². The molecule has 7 nitrogen and oxygen atoms in total. The van der Waals surface area contributed by atoms with Gasteiger partial charge in [0, 0.05) is 18.4 Å². The lowest BCUT2D eigenvalue weighted by molar-refractivity contribution is 0.0961. The van der Waals surface area contributed by atoms with Crippen LogP contribution in [-0.2, 0) is 0 Å². The van der Waals surface area contributed by atoms with E-state index in [-0.39, 0.29) is 17.4 Å². The van der Waals surface area contributed by atoms with Crippen LogP contribution in [0.1, 0.15) is 32.1 Å². The molecule has 0 fully saturated rings. The van der Waals surface area contributed by atoms with Crippen molar-refractivity contribution in [2.45, 2.75) is 13.8 Å². The second-order valence-corrected chi connectivity index (χ2v) is 5.89. The van der Waals surface area contributed by atoms with E-state index < -0.39 is 0 Å². The van der Waals surface area contributed by atoms with Crippen LogP contribution < -0.4 is 10.6 Å². The molecular formula is C17H15ClN4O3. The quantitative estimate of drug-likeness (QED) is 0.749. The largest absolute Gasteiger partial charge is 0.355 e. The second-order valence-electron chi connectivity index (χ2n) is 5.49. The van der Waals surface area contributed by atoms with E-state index in [1.165, 1.54) is 13.1 Å². The number of amides is 2. The summed E-state index contributed by atoms with van der Waals surface area (Å²) in [5, 5.41) is 9.99. The Kier molecular flexibility index (Phi) is 4.41. The first-order valence-electron chi connectivity index (χ1n) is 7.47. The number of pyridine rings is 1. The molecule has 1 aromatic carbocycles. The summed E-state index contributed by atoms with van der Waals surface area (Å²) < 4.78 is 5.14. The number of carbonyl (C=O) groups is 2. The summed E-state index contributed by atoms with van der Waals surface area (Å²) in [6.45, 7) is 3.51. The molecule has 2 N–H and O–H groups in total. The maximum Gasteiger partial charge on any atom is 0.258 e. The van der Waals surface area contributed by atoms with E-state index >= 15 is 0 Å². The number of carbonyl (C=O) groups excluding carboxylic acids is 2. The normalized spacial score (nSPS) is 10.7. The summed E-state index contributed by atoms with van der Waals surface area (Å²) in [5.41, 5.74) is 2.65. The average molecular weight is 359 g/mol. The van der Waals surface area contributed by atoms with Gasteiger partial charge in [0.1, 0.15) is 0 Å². The minimum atomic E-state index is -0.355. The lowest BCUT2D eigenvalue weighted by atomic mass is 10.1. The number of hydrogen-bond donors (Lipinski definition) is 2. The fourth-order valence-electron chi connectivity index (χ4n) is 2.51. The molecule has 0 aliphatic heterocycles. The minimum absolute atomic E-state index is 0.277. The van der Waals surface area contributed by atoms with Gasteiger partial charge < -0.3 is 15.2 Å². The van der Waals surface area contributed by atoms with E-state index in [1.54, 1.807) is 32.0 Å². The lowest BCUT2D eigenvalue weighted by Gasteiger charge is -2.09. The van der Waals surface area contributed by atoms with E-state index in [0.717, 1.165) is 0 Å². The van der Waals surface area contributed by atoms with Crippen molar-refractivity contribution >= 4 is 40.2 Å². The Bertz CT molecular complexity index is 997. The summed E-state index contributed by atoms with van der Waals surface area (Å²) in [5.74, 6) is -0.690. The molecule has 0 bridgehead atoms. The van der Waals surface area contributed by atoms with Gasteiger partial charge in [-0.3, -0.25) is 9.59 Å². The second kappa shape index (κ2) is 6.52. The Morgan fingerprint density at radius 2 is 1.88 bits per heavy atom. The first kappa shape index (κ1) is 16.9. The van der Waals surface area contributed by atoms with Gasteiger partial charge in [-0.25, -0.2) is 4.98 Å². The van der Waals surface area contributed by atoms with Gasteiger partial charge in [0.15, 0.2) is 0 Å². The fourth-order valence-corrected chi connectivity index (χ4v) is 2.71. The molecule has 2 heterocycles.